The summed E-state index contributed by atoms with van der Waals surface area (Å²) in [4.78, 5) is 11.0. The maximum Gasteiger partial charge on any atom is 0.310 e. The molecule has 0 aromatic carbocycles. The minimum atomic E-state index is -0.675. The van der Waals surface area contributed by atoms with Gasteiger partial charge in [-0.05, 0) is 29.9 Å². The summed E-state index contributed by atoms with van der Waals surface area (Å²) in [5.41, 5.74) is -0.551. The standard InChI is InChI=1S/C10H16O2S/c1-3-10(2,9(11)12)8-13-6-4-5-7-13/h4-7,13H,3,8H2,1-2H3,(H,11,12). The Labute approximate surface area is 81.7 Å². The Morgan fingerprint density at radius 2 is 2.00 bits per heavy atom. The fraction of sp³-hybridized carbons (Fsp3) is 0.500. The third-order valence-electron chi connectivity index (χ3n) is 2.49. The van der Waals surface area contributed by atoms with E-state index in [1.165, 1.54) is 0 Å². The molecule has 1 N–H and O–H groups in total. The molecule has 1 rings (SSSR count). The molecule has 1 aliphatic rings. The van der Waals surface area contributed by atoms with Crippen LogP contribution in [-0.2, 0) is 4.79 Å². The van der Waals surface area contributed by atoms with Crippen LogP contribution >= 0.6 is 10.9 Å². The number of carboxylic acids is 1. The molecular weight excluding hydrogens is 184 g/mol. The zero-order chi connectivity index (χ0) is 9.90. The molecule has 1 heterocycles. The number of carbonyl (C=O) groups is 1. The van der Waals surface area contributed by atoms with Crippen LogP contribution in [0, 0.1) is 5.41 Å². The van der Waals surface area contributed by atoms with Gasteiger partial charge in [0.05, 0.1) is 5.41 Å². The third-order valence-corrected chi connectivity index (χ3v) is 4.67. The molecule has 0 spiro atoms. The van der Waals surface area contributed by atoms with Gasteiger partial charge in [-0.2, -0.15) is 0 Å². The summed E-state index contributed by atoms with van der Waals surface area (Å²) in [7, 11) is -0.313. The second kappa shape index (κ2) is 4.01. The molecule has 1 atom stereocenters. The van der Waals surface area contributed by atoms with Crippen LogP contribution in [0.2, 0.25) is 0 Å². The first-order valence-corrected chi connectivity index (χ1v) is 6.09. The summed E-state index contributed by atoms with van der Waals surface area (Å²) in [6, 6.07) is 0. The van der Waals surface area contributed by atoms with Crippen molar-refractivity contribution in [2.24, 2.45) is 5.41 Å². The third kappa shape index (κ3) is 2.37. The van der Waals surface area contributed by atoms with E-state index < -0.39 is 11.4 Å². The van der Waals surface area contributed by atoms with E-state index in [-0.39, 0.29) is 10.9 Å². The van der Waals surface area contributed by atoms with E-state index in [1.54, 1.807) is 0 Å². The maximum atomic E-state index is 11.0. The molecule has 0 fully saturated rings. The molecule has 0 amide bonds. The Balaban J connectivity index is 2.62. The van der Waals surface area contributed by atoms with E-state index in [0.29, 0.717) is 6.42 Å². The van der Waals surface area contributed by atoms with Gasteiger partial charge in [0.25, 0.3) is 0 Å². The maximum absolute atomic E-state index is 11.0. The van der Waals surface area contributed by atoms with Crippen LogP contribution in [0.25, 0.3) is 0 Å². The van der Waals surface area contributed by atoms with E-state index in [4.69, 9.17) is 5.11 Å². The number of thiol groups is 1. The number of hydrogen-bond donors (Lipinski definition) is 2. The van der Waals surface area contributed by atoms with Gasteiger partial charge in [0.1, 0.15) is 0 Å². The van der Waals surface area contributed by atoms with Crippen molar-refractivity contribution in [2.75, 3.05) is 5.75 Å². The first-order chi connectivity index (χ1) is 6.08. The highest BCUT2D eigenvalue weighted by Crippen LogP contribution is 2.40. The number of hydrogen-bond acceptors (Lipinski definition) is 1. The Morgan fingerprint density at radius 3 is 2.38 bits per heavy atom. The number of allylic oxidation sites excluding steroid dienone is 2. The molecule has 2 nitrogen and oxygen atoms in total. The van der Waals surface area contributed by atoms with Crippen LogP contribution in [0.1, 0.15) is 20.3 Å². The predicted molar refractivity (Wildman–Crippen MR) is 58.2 cm³/mol. The highest BCUT2D eigenvalue weighted by Gasteiger charge is 2.32. The minimum Gasteiger partial charge on any atom is -0.481 e. The SMILES string of the molecule is CCC(C)(C[SH]1C=CC=C1)C(=O)O. The highest BCUT2D eigenvalue weighted by atomic mass is 32.2. The number of carboxylic acid groups (broad SMARTS) is 1. The summed E-state index contributed by atoms with van der Waals surface area (Å²) in [6.45, 7) is 3.77. The van der Waals surface area contributed by atoms with Crippen LogP contribution in [-0.4, -0.2) is 16.8 Å². The van der Waals surface area contributed by atoms with Crippen LogP contribution in [0.4, 0.5) is 0 Å². The van der Waals surface area contributed by atoms with Gasteiger partial charge < -0.3 is 5.11 Å². The van der Waals surface area contributed by atoms with E-state index >= 15 is 0 Å². The average Bonchev–Trinajstić information content (AvgIpc) is 2.56. The minimum absolute atomic E-state index is 0.313. The second-order valence-electron chi connectivity index (χ2n) is 3.57. The van der Waals surface area contributed by atoms with Crippen LogP contribution in [0.5, 0.6) is 0 Å². The Morgan fingerprint density at radius 1 is 1.46 bits per heavy atom. The molecule has 1 aliphatic heterocycles. The first-order valence-electron chi connectivity index (χ1n) is 4.42. The van der Waals surface area contributed by atoms with Gasteiger partial charge in [-0.15, -0.1) is 0 Å². The largest absolute Gasteiger partial charge is 0.481 e. The second-order valence-corrected chi connectivity index (χ2v) is 5.52. The zero-order valence-electron chi connectivity index (χ0n) is 8.03. The monoisotopic (exact) mass is 200 g/mol. The van der Waals surface area contributed by atoms with Crippen molar-refractivity contribution in [1.29, 1.82) is 0 Å². The lowest BCUT2D eigenvalue weighted by atomic mass is 9.90. The van der Waals surface area contributed by atoms with Crippen molar-refractivity contribution in [3.63, 3.8) is 0 Å². The molecule has 0 saturated heterocycles. The molecule has 74 valence electrons. The number of aliphatic carboxylic acids is 1. The lowest BCUT2D eigenvalue weighted by molar-refractivity contribution is -0.146. The molecule has 0 bridgehead atoms. The Bertz CT molecular complexity index is 246. The highest BCUT2D eigenvalue weighted by molar-refractivity contribution is 8.22. The molecule has 3 heteroatoms. The van der Waals surface area contributed by atoms with Gasteiger partial charge in [-0.3, -0.25) is 4.79 Å². The van der Waals surface area contributed by atoms with Crippen LogP contribution < -0.4 is 0 Å². The molecule has 1 unspecified atom stereocenters. The summed E-state index contributed by atoms with van der Waals surface area (Å²) in [6.07, 6.45) is 4.70. The lowest BCUT2D eigenvalue weighted by Crippen LogP contribution is -2.30. The molecule has 13 heavy (non-hydrogen) atoms. The van der Waals surface area contributed by atoms with Gasteiger partial charge in [-0.1, -0.05) is 19.1 Å². The Kier molecular flexibility index (Phi) is 3.20. The van der Waals surface area contributed by atoms with Crippen LogP contribution in [0.3, 0.4) is 0 Å². The lowest BCUT2D eigenvalue weighted by Gasteiger charge is -2.26. The van der Waals surface area contributed by atoms with Crippen LogP contribution in [0.15, 0.2) is 23.0 Å². The van der Waals surface area contributed by atoms with Gasteiger partial charge in [0.15, 0.2) is 0 Å². The fourth-order valence-electron chi connectivity index (χ4n) is 1.21. The molecule has 0 radical (unpaired) electrons. The smallest absolute Gasteiger partial charge is 0.310 e. The number of rotatable bonds is 4. The van der Waals surface area contributed by atoms with Crippen molar-refractivity contribution in [2.45, 2.75) is 20.3 Å². The summed E-state index contributed by atoms with van der Waals surface area (Å²) >= 11 is 0. The van der Waals surface area contributed by atoms with Crippen molar-refractivity contribution in [3.8, 4) is 0 Å². The molecule has 0 saturated carbocycles. The fourth-order valence-corrected chi connectivity index (χ4v) is 3.33. The summed E-state index contributed by atoms with van der Waals surface area (Å²) < 4.78 is 0. The van der Waals surface area contributed by atoms with Gasteiger partial charge in [-0.25, -0.2) is 10.9 Å². The average molecular weight is 200 g/mol. The first kappa shape index (κ1) is 10.4. The van der Waals surface area contributed by atoms with E-state index in [0.717, 1.165) is 5.75 Å². The van der Waals surface area contributed by atoms with E-state index in [9.17, 15) is 4.79 Å². The van der Waals surface area contributed by atoms with Crippen molar-refractivity contribution in [1.82, 2.24) is 0 Å². The quantitative estimate of drug-likeness (QED) is 0.684. The van der Waals surface area contributed by atoms with Gasteiger partial charge in [0.2, 0.25) is 0 Å². The summed E-state index contributed by atoms with van der Waals surface area (Å²) in [5.74, 6) is 0.0902. The van der Waals surface area contributed by atoms with Gasteiger partial charge in [0, 0.05) is 0 Å². The molecular formula is C10H16O2S. The molecule has 0 aromatic heterocycles. The van der Waals surface area contributed by atoms with E-state index in [1.807, 2.05) is 26.0 Å². The van der Waals surface area contributed by atoms with E-state index in [2.05, 4.69) is 10.8 Å². The summed E-state index contributed by atoms with van der Waals surface area (Å²) in [5, 5.41) is 13.3. The molecule has 0 aromatic rings. The zero-order valence-corrected chi connectivity index (χ0v) is 8.92. The van der Waals surface area contributed by atoms with Crippen molar-refractivity contribution in [3.05, 3.63) is 23.0 Å². The Hall–Kier alpha value is -0.700. The predicted octanol–water partition coefficient (Wildman–Crippen LogP) is 2.53. The van der Waals surface area contributed by atoms with Gasteiger partial charge >= 0.3 is 5.97 Å². The normalized spacial score (nSPS) is 21.8. The van der Waals surface area contributed by atoms with Crippen molar-refractivity contribution >= 4 is 16.9 Å². The topological polar surface area (TPSA) is 37.3 Å². The van der Waals surface area contributed by atoms with Crippen molar-refractivity contribution < 1.29 is 9.90 Å². The molecule has 0 aliphatic carbocycles.